The van der Waals surface area contributed by atoms with Crippen LogP contribution >= 0.6 is 0 Å². The molecule has 0 heterocycles. The van der Waals surface area contributed by atoms with Crippen molar-refractivity contribution >= 4 is 5.91 Å². The van der Waals surface area contributed by atoms with Crippen LogP contribution in [0.25, 0.3) is 0 Å². The van der Waals surface area contributed by atoms with Crippen LogP contribution in [0.1, 0.15) is 27.8 Å². The number of hydrogen-bond donors (Lipinski definition) is 1. The normalized spacial score (nSPS) is 12.6. The van der Waals surface area contributed by atoms with Gasteiger partial charge in [-0.05, 0) is 41.0 Å². The van der Waals surface area contributed by atoms with Gasteiger partial charge in [-0.2, -0.15) is 26.3 Å². The van der Waals surface area contributed by atoms with E-state index < -0.39 is 34.8 Å². The van der Waals surface area contributed by atoms with Crippen molar-refractivity contribution in [2.75, 3.05) is 0 Å². The standard InChI is InChI=1S/C22H15F6NO/c23-21(24,25)17-10-6-15(7-11-17)20(19(29)30,14-4-2-1-3-5-14)16-8-12-18(13-9-16)22(26,27)28/h1-13H,(H2,29,30). The Labute approximate surface area is 167 Å². The number of benzene rings is 3. The van der Waals surface area contributed by atoms with Gasteiger partial charge in [-0.1, -0.05) is 54.6 Å². The van der Waals surface area contributed by atoms with Gasteiger partial charge in [0.2, 0.25) is 5.91 Å². The van der Waals surface area contributed by atoms with Gasteiger partial charge in [0.25, 0.3) is 0 Å². The summed E-state index contributed by atoms with van der Waals surface area (Å²) in [5, 5.41) is 0. The largest absolute Gasteiger partial charge is 0.416 e. The molecule has 0 fully saturated rings. The van der Waals surface area contributed by atoms with Gasteiger partial charge in [0.15, 0.2) is 0 Å². The van der Waals surface area contributed by atoms with Crippen molar-refractivity contribution in [2.45, 2.75) is 17.8 Å². The van der Waals surface area contributed by atoms with Gasteiger partial charge in [0, 0.05) is 0 Å². The quantitative estimate of drug-likeness (QED) is 0.434. The Bertz CT molecular complexity index is 965. The lowest BCUT2D eigenvalue weighted by molar-refractivity contribution is -0.138. The molecule has 0 radical (unpaired) electrons. The van der Waals surface area contributed by atoms with Crippen LogP contribution in [-0.4, -0.2) is 5.91 Å². The molecule has 3 rings (SSSR count). The summed E-state index contributed by atoms with van der Waals surface area (Å²) in [4.78, 5) is 12.8. The van der Waals surface area contributed by atoms with Crippen LogP contribution in [0.15, 0.2) is 78.9 Å². The number of carbonyl (C=O) groups is 1. The lowest BCUT2D eigenvalue weighted by Crippen LogP contribution is -2.43. The van der Waals surface area contributed by atoms with Crippen molar-refractivity contribution in [3.8, 4) is 0 Å². The zero-order valence-corrected chi connectivity index (χ0v) is 15.3. The van der Waals surface area contributed by atoms with Crippen molar-refractivity contribution in [2.24, 2.45) is 5.73 Å². The predicted octanol–water partition coefficient (Wildman–Crippen LogP) is 5.54. The predicted molar refractivity (Wildman–Crippen MR) is 98.4 cm³/mol. The molecule has 0 unspecified atom stereocenters. The molecule has 2 N–H and O–H groups in total. The van der Waals surface area contributed by atoms with Crippen molar-refractivity contribution in [1.29, 1.82) is 0 Å². The SMILES string of the molecule is NC(=O)C(c1ccccc1)(c1ccc(C(F)(F)F)cc1)c1ccc(C(F)(F)F)cc1. The van der Waals surface area contributed by atoms with E-state index in [1.54, 1.807) is 30.3 Å². The van der Waals surface area contributed by atoms with Crippen LogP contribution in [0.3, 0.4) is 0 Å². The van der Waals surface area contributed by atoms with Gasteiger partial charge in [0.05, 0.1) is 11.1 Å². The first-order valence-electron chi connectivity index (χ1n) is 8.68. The van der Waals surface area contributed by atoms with Crippen molar-refractivity contribution < 1.29 is 31.1 Å². The van der Waals surface area contributed by atoms with E-state index in [1.165, 1.54) is 0 Å². The third-order valence-corrected chi connectivity index (χ3v) is 4.87. The fourth-order valence-electron chi connectivity index (χ4n) is 3.43. The van der Waals surface area contributed by atoms with Gasteiger partial charge >= 0.3 is 12.4 Å². The lowest BCUT2D eigenvalue weighted by Gasteiger charge is -2.33. The fraction of sp³-hybridized carbons (Fsp3) is 0.136. The molecule has 1 amide bonds. The maximum Gasteiger partial charge on any atom is 0.416 e. The minimum Gasteiger partial charge on any atom is -0.368 e. The summed E-state index contributed by atoms with van der Waals surface area (Å²) in [6.07, 6.45) is -9.18. The summed E-state index contributed by atoms with van der Waals surface area (Å²) >= 11 is 0. The van der Waals surface area contributed by atoms with Gasteiger partial charge in [0.1, 0.15) is 5.41 Å². The van der Waals surface area contributed by atoms with Gasteiger partial charge < -0.3 is 5.73 Å². The number of carbonyl (C=O) groups excluding carboxylic acids is 1. The van der Waals surface area contributed by atoms with Crippen LogP contribution in [0.5, 0.6) is 0 Å². The molecule has 0 spiro atoms. The Morgan fingerprint density at radius 2 is 0.833 bits per heavy atom. The van der Waals surface area contributed by atoms with E-state index in [2.05, 4.69) is 0 Å². The molecular weight excluding hydrogens is 408 g/mol. The van der Waals surface area contributed by atoms with Crippen LogP contribution < -0.4 is 5.73 Å². The van der Waals surface area contributed by atoms with Crippen LogP contribution in [0.4, 0.5) is 26.3 Å². The number of rotatable bonds is 4. The first-order chi connectivity index (χ1) is 14.0. The van der Waals surface area contributed by atoms with Crippen molar-refractivity contribution in [1.82, 2.24) is 0 Å². The van der Waals surface area contributed by atoms with Crippen LogP contribution in [0, 0.1) is 0 Å². The van der Waals surface area contributed by atoms with Crippen molar-refractivity contribution in [3.05, 3.63) is 107 Å². The van der Waals surface area contributed by atoms with E-state index in [0.717, 1.165) is 48.5 Å². The highest BCUT2D eigenvalue weighted by molar-refractivity contribution is 5.95. The summed E-state index contributed by atoms with van der Waals surface area (Å²) < 4.78 is 77.9. The molecule has 8 heteroatoms. The van der Waals surface area contributed by atoms with Crippen molar-refractivity contribution in [3.63, 3.8) is 0 Å². The molecule has 0 aliphatic rings. The Morgan fingerprint density at radius 3 is 1.13 bits per heavy atom. The Hall–Kier alpha value is -3.29. The topological polar surface area (TPSA) is 43.1 Å². The highest BCUT2D eigenvalue weighted by Gasteiger charge is 2.43. The third-order valence-electron chi connectivity index (χ3n) is 4.87. The molecular formula is C22H15F6NO. The molecule has 3 aromatic carbocycles. The highest BCUT2D eigenvalue weighted by atomic mass is 19.4. The molecule has 2 nitrogen and oxygen atoms in total. The third kappa shape index (κ3) is 3.77. The summed E-state index contributed by atoms with van der Waals surface area (Å²) in [5.74, 6) is -0.937. The number of hydrogen-bond acceptors (Lipinski definition) is 1. The molecule has 156 valence electrons. The molecule has 0 atom stereocenters. The van der Waals surface area contributed by atoms with E-state index >= 15 is 0 Å². The second-order valence-electron chi connectivity index (χ2n) is 6.63. The average Bonchev–Trinajstić information content (AvgIpc) is 2.69. The molecule has 0 saturated heterocycles. The summed E-state index contributed by atoms with van der Waals surface area (Å²) in [7, 11) is 0. The molecule has 0 aromatic heterocycles. The average molecular weight is 423 g/mol. The van der Waals surface area contributed by atoms with Gasteiger partial charge in [-0.15, -0.1) is 0 Å². The Morgan fingerprint density at radius 1 is 0.533 bits per heavy atom. The van der Waals surface area contributed by atoms with E-state index in [-0.39, 0.29) is 11.1 Å². The molecule has 3 aromatic rings. The molecule has 30 heavy (non-hydrogen) atoms. The summed E-state index contributed by atoms with van der Waals surface area (Å²) in [6.45, 7) is 0. The lowest BCUT2D eigenvalue weighted by atomic mass is 9.68. The first-order valence-corrected chi connectivity index (χ1v) is 8.68. The van der Waals surface area contributed by atoms with E-state index in [9.17, 15) is 31.1 Å². The summed E-state index contributed by atoms with van der Waals surface area (Å²) in [6, 6.07) is 15.6. The number of nitrogens with two attached hydrogens (primary N) is 1. The highest BCUT2D eigenvalue weighted by Crippen LogP contribution is 2.41. The van der Waals surface area contributed by atoms with Crippen LogP contribution in [-0.2, 0) is 22.6 Å². The second-order valence-corrected chi connectivity index (χ2v) is 6.63. The number of primary amides is 1. The molecule has 0 saturated carbocycles. The van der Waals surface area contributed by atoms with E-state index in [0.29, 0.717) is 5.56 Å². The van der Waals surface area contributed by atoms with E-state index in [4.69, 9.17) is 5.73 Å². The van der Waals surface area contributed by atoms with Gasteiger partial charge in [-0.25, -0.2) is 0 Å². The number of amides is 1. The minimum absolute atomic E-state index is 0.106. The fourth-order valence-corrected chi connectivity index (χ4v) is 3.43. The maximum atomic E-state index is 13.0. The first kappa shape index (κ1) is 21.4. The van der Waals surface area contributed by atoms with E-state index in [1.807, 2.05) is 0 Å². The smallest absolute Gasteiger partial charge is 0.368 e. The molecule has 0 aliphatic heterocycles. The monoisotopic (exact) mass is 423 g/mol. The maximum absolute atomic E-state index is 13.0. The zero-order valence-electron chi connectivity index (χ0n) is 15.3. The second kappa shape index (κ2) is 7.51. The Kier molecular flexibility index (Phi) is 5.36. The number of halogens is 6. The van der Waals surface area contributed by atoms with Gasteiger partial charge in [-0.3, -0.25) is 4.79 Å². The minimum atomic E-state index is -4.59. The number of alkyl halides is 6. The zero-order chi connectivity index (χ0) is 22.2. The molecule has 0 aliphatic carbocycles. The summed E-state index contributed by atoms with van der Waals surface area (Å²) in [5.41, 5.74) is 2.63. The molecule has 0 bridgehead atoms. The van der Waals surface area contributed by atoms with Crippen LogP contribution in [0.2, 0.25) is 0 Å². The Balaban J connectivity index is 2.28.